The van der Waals surface area contributed by atoms with Crippen LogP contribution in [-0.2, 0) is 0 Å². The van der Waals surface area contributed by atoms with Gasteiger partial charge < -0.3 is 9.64 Å². The molecule has 1 heterocycles. The fraction of sp³-hybridized carbons (Fsp3) is 0.600. The molecule has 15 heavy (non-hydrogen) atoms. The third-order valence-electron chi connectivity index (χ3n) is 2.07. The Morgan fingerprint density at radius 1 is 1.47 bits per heavy atom. The highest BCUT2D eigenvalue weighted by Gasteiger charge is 2.10. The maximum Gasteiger partial charge on any atom is 0.221 e. The molecule has 1 aromatic heterocycles. The Balaban J connectivity index is 2.92. The van der Waals surface area contributed by atoms with Crippen molar-refractivity contribution in [3.63, 3.8) is 0 Å². The zero-order chi connectivity index (χ0) is 11.3. The molecule has 0 aliphatic rings. The maximum absolute atomic E-state index is 5.42. The standard InChI is InChI=1S/C10H16BrN3O/c1-4-15-10-8(2)9(12-7-13-10)14(3)6-5-11/h7H,4-6H2,1-3H3. The lowest BCUT2D eigenvalue weighted by Crippen LogP contribution is -2.22. The van der Waals surface area contributed by atoms with E-state index in [9.17, 15) is 0 Å². The first kappa shape index (κ1) is 12.2. The number of hydrogen-bond acceptors (Lipinski definition) is 4. The van der Waals surface area contributed by atoms with Crippen molar-refractivity contribution in [1.29, 1.82) is 0 Å². The molecule has 0 spiro atoms. The Hall–Kier alpha value is -0.840. The largest absolute Gasteiger partial charge is 0.478 e. The molecule has 0 atom stereocenters. The van der Waals surface area contributed by atoms with Crippen LogP contribution in [-0.4, -0.2) is 35.5 Å². The Kier molecular flexibility index (Phi) is 4.81. The van der Waals surface area contributed by atoms with E-state index < -0.39 is 0 Å². The molecule has 84 valence electrons. The predicted octanol–water partition coefficient (Wildman–Crippen LogP) is 2.01. The van der Waals surface area contributed by atoms with Crippen LogP contribution in [0.5, 0.6) is 5.88 Å². The summed E-state index contributed by atoms with van der Waals surface area (Å²) in [6.45, 7) is 5.46. The van der Waals surface area contributed by atoms with E-state index in [1.165, 1.54) is 6.33 Å². The normalized spacial score (nSPS) is 10.1. The van der Waals surface area contributed by atoms with Gasteiger partial charge in [-0.3, -0.25) is 0 Å². The van der Waals surface area contributed by atoms with E-state index in [1.54, 1.807) is 0 Å². The summed E-state index contributed by atoms with van der Waals surface area (Å²) in [6, 6.07) is 0. The number of anilines is 1. The van der Waals surface area contributed by atoms with Crippen LogP contribution in [0, 0.1) is 6.92 Å². The summed E-state index contributed by atoms with van der Waals surface area (Å²) >= 11 is 3.40. The first-order valence-electron chi connectivity index (χ1n) is 4.92. The molecular formula is C10H16BrN3O. The zero-order valence-corrected chi connectivity index (χ0v) is 10.9. The van der Waals surface area contributed by atoms with Gasteiger partial charge in [-0.15, -0.1) is 0 Å². The molecule has 5 heteroatoms. The second kappa shape index (κ2) is 5.90. The molecule has 1 aromatic rings. The van der Waals surface area contributed by atoms with Crippen LogP contribution in [0.4, 0.5) is 5.82 Å². The SMILES string of the molecule is CCOc1ncnc(N(C)CCBr)c1C. The third kappa shape index (κ3) is 3.06. The summed E-state index contributed by atoms with van der Waals surface area (Å²) in [5.74, 6) is 1.59. The van der Waals surface area contributed by atoms with Gasteiger partial charge in [0.05, 0.1) is 12.2 Å². The van der Waals surface area contributed by atoms with Crippen molar-refractivity contribution < 1.29 is 4.74 Å². The molecule has 1 rings (SSSR count). The fourth-order valence-corrected chi connectivity index (χ4v) is 1.86. The number of hydrogen-bond donors (Lipinski definition) is 0. The highest BCUT2D eigenvalue weighted by molar-refractivity contribution is 9.09. The summed E-state index contributed by atoms with van der Waals surface area (Å²) in [4.78, 5) is 10.4. The second-order valence-electron chi connectivity index (χ2n) is 3.17. The number of ether oxygens (including phenoxy) is 1. The molecule has 0 radical (unpaired) electrons. The average Bonchev–Trinajstić information content (AvgIpc) is 2.22. The molecule has 0 N–H and O–H groups in total. The summed E-state index contributed by atoms with van der Waals surface area (Å²) in [7, 11) is 2.01. The van der Waals surface area contributed by atoms with E-state index in [4.69, 9.17) is 4.74 Å². The minimum absolute atomic E-state index is 0.624. The van der Waals surface area contributed by atoms with E-state index >= 15 is 0 Å². The molecule has 0 amide bonds. The Labute approximate surface area is 98.8 Å². The summed E-state index contributed by atoms with van der Waals surface area (Å²) < 4.78 is 5.42. The van der Waals surface area contributed by atoms with Crippen LogP contribution < -0.4 is 9.64 Å². The lowest BCUT2D eigenvalue weighted by molar-refractivity contribution is 0.323. The first-order valence-corrected chi connectivity index (χ1v) is 6.04. The number of aromatic nitrogens is 2. The van der Waals surface area contributed by atoms with Gasteiger partial charge in [-0.1, -0.05) is 15.9 Å². The molecule has 0 saturated carbocycles. The third-order valence-corrected chi connectivity index (χ3v) is 2.43. The Morgan fingerprint density at radius 2 is 2.20 bits per heavy atom. The van der Waals surface area contributed by atoms with Gasteiger partial charge in [0.15, 0.2) is 0 Å². The van der Waals surface area contributed by atoms with E-state index in [0.717, 1.165) is 23.3 Å². The van der Waals surface area contributed by atoms with Crippen molar-refractivity contribution in [1.82, 2.24) is 9.97 Å². The van der Waals surface area contributed by atoms with Crippen LogP contribution in [0.25, 0.3) is 0 Å². The zero-order valence-electron chi connectivity index (χ0n) is 9.33. The number of rotatable bonds is 5. The van der Waals surface area contributed by atoms with Gasteiger partial charge in [-0.05, 0) is 13.8 Å². The van der Waals surface area contributed by atoms with Gasteiger partial charge in [-0.25, -0.2) is 9.97 Å². The van der Waals surface area contributed by atoms with Crippen LogP contribution in [0.1, 0.15) is 12.5 Å². The van der Waals surface area contributed by atoms with Gasteiger partial charge >= 0.3 is 0 Å². The van der Waals surface area contributed by atoms with Crippen LogP contribution >= 0.6 is 15.9 Å². The Morgan fingerprint density at radius 3 is 2.80 bits per heavy atom. The van der Waals surface area contributed by atoms with Gasteiger partial charge in [0.25, 0.3) is 0 Å². The molecule has 0 aliphatic heterocycles. The fourth-order valence-electron chi connectivity index (χ4n) is 1.33. The van der Waals surface area contributed by atoms with E-state index in [-0.39, 0.29) is 0 Å². The van der Waals surface area contributed by atoms with Gasteiger partial charge in [0, 0.05) is 18.9 Å². The average molecular weight is 274 g/mol. The van der Waals surface area contributed by atoms with Gasteiger partial charge in [-0.2, -0.15) is 0 Å². The lowest BCUT2D eigenvalue weighted by Gasteiger charge is -2.19. The highest BCUT2D eigenvalue weighted by atomic mass is 79.9. The molecule has 0 fully saturated rings. The lowest BCUT2D eigenvalue weighted by atomic mass is 10.3. The quantitative estimate of drug-likeness (QED) is 0.770. The van der Waals surface area contributed by atoms with E-state index in [2.05, 4.69) is 30.8 Å². The summed E-state index contributed by atoms with van der Waals surface area (Å²) in [5.41, 5.74) is 0.989. The van der Waals surface area contributed by atoms with Crippen LogP contribution in [0.2, 0.25) is 0 Å². The number of halogens is 1. The molecule has 0 aliphatic carbocycles. The van der Waals surface area contributed by atoms with Gasteiger partial charge in [0.1, 0.15) is 12.1 Å². The molecular weight excluding hydrogens is 258 g/mol. The van der Waals surface area contributed by atoms with Crippen molar-refractivity contribution >= 4 is 21.7 Å². The maximum atomic E-state index is 5.42. The molecule has 0 bridgehead atoms. The molecule has 4 nitrogen and oxygen atoms in total. The minimum atomic E-state index is 0.624. The monoisotopic (exact) mass is 273 g/mol. The Bertz CT molecular complexity index is 320. The van der Waals surface area contributed by atoms with Crippen LogP contribution in [0.15, 0.2) is 6.33 Å². The minimum Gasteiger partial charge on any atom is -0.478 e. The molecule has 0 aromatic carbocycles. The van der Waals surface area contributed by atoms with E-state index in [1.807, 2.05) is 20.9 Å². The second-order valence-corrected chi connectivity index (χ2v) is 3.96. The van der Waals surface area contributed by atoms with Crippen molar-refractivity contribution in [2.75, 3.05) is 30.4 Å². The smallest absolute Gasteiger partial charge is 0.221 e. The van der Waals surface area contributed by atoms with Crippen molar-refractivity contribution in [2.45, 2.75) is 13.8 Å². The van der Waals surface area contributed by atoms with Crippen molar-refractivity contribution in [2.24, 2.45) is 0 Å². The first-order chi connectivity index (χ1) is 7.20. The van der Waals surface area contributed by atoms with Crippen LogP contribution in [0.3, 0.4) is 0 Å². The number of nitrogens with zero attached hydrogens (tertiary/aromatic N) is 3. The summed E-state index contributed by atoms with van der Waals surface area (Å²) in [6.07, 6.45) is 1.54. The molecule has 0 unspecified atom stereocenters. The van der Waals surface area contributed by atoms with Crippen molar-refractivity contribution in [3.8, 4) is 5.88 Å². The molecule has 0 saturated heterocycles. The highest BCUT2D eigenvalue weighted by Crippen LogP contribution is 2.22. The van der Waals surface area contributed by atoms with E-state index in [0.29, 0.717) is 12.5 Å². The predicted molar refractivity (Wildman–Crippen MR) is 65.0 cm³/mol. The van der Waals surface area contributed by atoms with Crippen molar-refractivity contribution in [3.05, 3.63) is 11.9 Å². The number of alkyl halides is 1. The van der Waals surface area contributed by atoms with Gasteiger partial charge in [0.2, 0.25) is 5.88 Å². The topological polar surface area (TPSA) is 38.3 Å². The summed E-state index contributed by atoms with van der Waals surface area (Å²) in [5, 5.41) is 0.914.